The first-order valence-electron chi connectivity index (χ1n) is 14.0. The highest BCUT2D eigenvalue weighted by Crippen LogP contribution is 2.42. The van der Waals surface area contributed by atoms with Crippen LogP contribution >= 0.6 is 0 Å². The van der Waals surface area contributed by atoms with Crippen molar-refractivity contribution in [2.45, 2.75) is 6.92 Å². The van der Waals surface area contributed by atoms with Gasteiger partial charge in [0.2, 0.25) is 0 Å². The zero-order valence-electron chi connectivity index (χ0n) is 23.4. The fourth-order valence-corrected chi connectivity index (χ4v) is 5.74. The summed E-state index contributed by atoms with van der Waals surface area (Å²) in [5.74, 6) is 2.73. The van der Waals surface area contributed by atoms with Crippen molar-refractivity contribution in [2.75, 3.05) is 51.8 Å². The summed E-state index contributed by atoms with van der Waals surface area (Å²) in [6, 6.07) is 33.8. The minimum Gasteiger partial charge on any atom is -0.496 e. The van der Waals surface area contributed by atoms with Gasteiger partial charge in [0.1, 0.15) is 17.3 Å². The van der Waals surface area contributed by atoms with Gasteiger partial charge in [-0.05, 0) is 47.3 Å². The molecule has 0 amide bonds. The van der Waals surface area contributed by atoms with E-state index in [9.17, 15) is 0 Å². The molecule has 0 unspecified atom stereocenters. The third-order valence-corrected chi connectivity index (χ3v) is 7.95. The van der Waals surface area contributed by atoms with E-state index in [1.54, 1.807) is 14.2 Å². The Hall–Kier alpha value is -4.35. The Bertz CT molecular complexity index is 1640. The topological polar surface area (TPSA) is 37.8 Å². The molecular weight excluding hydrogens is 494 g/mol. The summed E-state index contributed by atoms with van der Waals surface area (Å²) < 4.78 is 11.6. The van der Waals surface area contributed by atoms with Crippen molar-refractivity contribution in [3.63, 3.8) is 0 Å². The quantitative estimate of drug-likeness (QED) is 0.220. The van der Waals surface area contributed by atoms with Crippen LogP contribution in [0.4, 0.5) is 5.82 Å². The number of methoxy groups -OCH3 is 2. The number of benzene rings is 4. The van der Waals surface area contributed by atoms with Crippen molar-refractivity contribution in [2.24, 2.45) is 0 Å². The Labute approximate surface area is 236 Å². The molecule has 1 aliphatic heterocycles. The lowest BCUT2D eigenvalue weighted by atomic mass is 9.91. The summed E-state index contributed by atoms with van der Waals surface area (Å²) in [4.78, 5) is 10.3. The maximum Gasteiger partial charge on any atom is 0.137 e. The molecule has 1 fully saturated rings. The number of rotatable bonds is 7. The second kappa shape index (κ2) is 11.4. The lowest BCUT2D eigenvalue weighted by Gasteiger charge is -2.35. The molecule has 2 heterocycles. The second-order valence-electron chi connectivity index (χ2n) is 10.1. The molecule has 0 radical (unpaired) electrons. The number of anilines is 1. The van der Waals surface area contributed by atoms with Gasteiger partial charge in [-0.15, -0.1) is 0 Å². The van der Waals surface area contributed by atoms with Crippen LogP contribution in [-0.4, -0.2) is 56.8 Å². The van der Waals surface area contributed by atoms with Crippen molar-refractivity contribution in [3.8, 4) is 45.0 Å². The first kappa shape index (κ1) is 25.9. The van der Waals surface area contributed by atoms with Crippen molar-refractivity contribution < 1.29 is 9.47 Å². The molecule has 1 aliphatic rings. The molecule has 0 saturated carbocycles. The second-order valence-corrected chi connectivity index (χ2v) is 10.1. The summed E-state index contributed by atoms with van der Waals surface area (Å²) in [5, 5.41) is 2.40. The number of aromatic nitrogens is 1. The normalized spacial score (nSPS) is 13.9. The lowest BCUT2D eigenvalue weighted by Crippen LogP contribution is -2.46. The first-order valence-corrected chi connectivity index (χ1v) is 14.0. The van der Waals surface area contributed by atoms with Gasteiger partial charge in [0.25, 0.3) is 0 Å². The summed E-state index contributed by atoms with van der Waals surface area (Å²) in [7, 11) is 3.44. The number of para-hydroxylation sites is 2. The smallest absolute Gasteiger partial charge is 0.137 e. The molecule has 5 aromatic rings. The summed E-state index contributed by atoms with van der Waals surface area (Å²) in [6.07, 6.45) is 0. The van der Waals surface area contributed by atoms with Crippen LogP contribution in [0.1, 0.15) is 6.92 Å². The van der Waals surface area contributed by atoms with E-state index in [2.05, 4.69) is 83.5 Å². The number of hydrogen-bond acceptors (Lipinski definition) is 5. The summed E-state index contributed by atoms with van der Waals surface area (Å²) in [5.41, 5.74) is 6.27. The molecule has 6 rings (SSSR count). The van der Waals surface area contributed by atoms with E-state index in [0.717, 1.165) is 83.6 Å². The van der Waals surface area contributed by atoms with E-state index in [1.165, 1.54) is 10.8 Å². The molecule has 0 N–H and O–H groups in total. The summed E-state index contributed by atoms with van der Waals surface area (Å²) >= 11 is 0. The number of pyridine rings is 1. The fourth-order valence-electron chi connectivity index (χ4n) is 5.74. The molecule has 0 atom stereocenters. The van der Waals surface area contributed by atoms with E-state index in [1.807, 2.05) is 30.3 Å². The maximum absolute atomic E-state index is 5.81. The Morgan fingerprint density at radius 1 is 0.650 bits per heavy atom. The SMILES string of the molecule is CCN1CCN(c2nc(-c3ccc(-c4ccccc4OC)c(-c4ccccc4OC)c3)cc3ccccc23)CC1. The molecule has 1 saturated heterocycles. The maximum atomic E-state index is 5.81. The van der Waals surface area contributed by atoms with Crippen molar-refractivity contribution >= 4 is 16.6 Å². The molecule has 4 aromatic carbocycles. The van der Waals surface area contributed by atoms with Crippen LogP contribution in [0.3, 0.4) is 0 Å². The van der Waals surface area contributed by atoms with Gasteiger partial charge >= 0.3 is 0 Å². The van der Waals surface area contributed by atoms with Crippen LogP contribution in [0, 0.1) is 0 Å². The standard InChI is InChI=1S/C35H35N3O2/c1-4-37-19-21-38(22-20-37)35-27-12-6-5-11-25(27)24-32(36-35)26-17-18-28(29-13-7-9-15-33(29)39-2)31(23-26)30-14-8-10-16-34(30)40-3/h5-18,23-24H,4,19-22H2,1-3H3. The highest BCUT2D eigenvalue weighted by molar-refractivity contribution is 5.96. The average Bonchev–Trinajstić information content (AvgIpc) is 3.04. The van der Waals surface area contributed by atoms with Crippen LogP contribution in [0.5, 0.6) is 11.5 Å². The van der Waals surface area contributed by atoms with Gasteiger partial charge in [0.15, 0.2) is 0 Å². The Balaban J connectivity index is 1.53. The van der Waals surface area contributed by atoms with Crippen LogP contribution in [0.2, 0.25) is 0 Å². The number of nitrogens with zero attached hydrogens (tertiary/aromatic N) is 3. The average molecular weight is 530 g/mol. The van der Waals surface area contributed by atoms with Gasteiger partial charge in [0.05, 0.1) is 19.9 Å². The van der Waals surface area contributed by atoms with Crippen LogP contribution in [0.25, 0.3) is 44.3 Å². The van der Waals surface area contributed by atoms with Crippen molar-refractivity contribution in [3.05, 3.63) is 97.1 Å². The van der Waals surface area contributed by atoms with E-state index >= 15 is 0 Å². The predicted molar refractivity (Wildman–Crippen MR) is 165 cm³/mol. The van der Waals surface area contributed by atoms with Crippen LogP contribution < -0.4 is 14.4 Å². The molecule has 0 bridgehead atoms. The lowest BCUT2D eigenvalue weighted by molar-refractivity contribution is 0.271. The highest BCUT2D eigenvalue weighted by Gasteiger charge is 2.21. The van der Waals surface area contributed by atoms with Gasteiger partial charge in [-0.1, -0.05) is 79.7 Å². The third-order valence-electron chi connectivity index (χ3n) is 7.95. The van der Waals surface area contributed by atoms with Gasteiger partial charge < -0.3 is 19.3 Å². The van der Waals surface area contributed by atoms with Crippen LogP contribution in [-0.2, 0) is 0 Å². The molecular formula is C35H35N3O2. The Morgan fingerprint density at radius 2 is 1.27 bits per heavy atom. The number of likely N-dealkylation sites (N-methyl/N-ethyl adjacent to an activating group) is 1. The predicted octanol–water partition coefficient (Wildman–Crippen LogP) is 7.39. The first-order chi connectivity index (χ1) is 19.7. The number of hydrogen-bond donors (Lipinski definition) is 0. The zero-order valence-corrected chi connectivity index (χ0v) is 23.4. The molecule has 202 valence electrons. The molecule has 5 heteroatoms. The molecule has 5 nitrogen and oxygen atoms in total. The zero-order chi connectivity index (χ0) is 27.5. The van der Waals surface area contributed by atoms with Gasteiger partial charge in [-0.2, -0.15) is 0 Å². The van der Waals surface area contributed by atoms with Gasteiger partial charge in [-0.25, -0.2) is 4.98 Å². The fraction of sp³-hybridized carbons (Fsp3) is 0.229. The number of piperazine rings is 1. The van der Waals surface area contributed by atoms with E-state index in [-0.39, 0.29) is 0 Å². The largest absolute Gasteiger partial charge is 0.496 e. The minimum absolute atomic E-state index is 0.830. The van der Waals surface area contributed by atoms with Crippen LogP contribution in [0.15, 0.2) is 97.1 Å². The monoisotopic (exact) mass is 529 g/mol. The molecule has 0 spiro atoms. The highest BCUT2D eigenvalue weighted by atomic mass is 16.5. The third kappa shape index (κ3) is 4.89. The van der Waals surface area contributed by atoms with Crippen molar-refractivity contribution in [1.82, 2.24) is 9.88 Å². The Kier molecular flexibility index (Phi) is 7.39. The van der Waals surface area contributed by atoms with E-state index < -0.39 is 0 Å². The van der Waals surface area contributed by atoms with Gasteiger partial charge in [0, 0.05) is 48.3 Å². The van der Waals surface area contributed by atoms with Crippen molar-refractivity contribution in [1.29, 1.82) is 0 Å². The van der Waals surface area contributed by atoms with E-state index in [0.29, 0.717) is 0 Å². The number of fused-ring (bicyclic) bond motifs is 1. The van der Waals surface area contributed by atoms with E-state index in [4.69, 9.17) is 14.5 Å². The molecule has 1 aromatic heterocycles. The molecule has 40 heavy (non-hydrogen) atoms. The molecule has 0 aliphatic carbocycles. The summed E-state index contributed by atoms with van der Waals surface area (Å²) in [6.45, 7) is 7.40. The Morgan fingerprint density at radius 3 is 1.95 bits per heavy atom. The number of ether oxygens (including phenoxy) is 2. The van der Waals surface area contributed by atoms with Gasteiger partial charge in [-0.3, -0.25) is 0 Å². The minimum atomic E-state index is 0.830.